The second-order valence-corrected chi connectivity index (χ2v) is 5.31. The molecule has 0 amide bonds. The first kappa shape index (κ1) is 15.7. The van der Waals surface area contributed by atoms with Gasteiger partial charge in [0.15, 0.2) is 0 Å². The second kappa shape index (κ2) is 6.71. The van der Waals surface area contributed by atoms with Gasteiger partial charge in [0.25, 0.3) is 0 Å². The van der Waals surface area contributed by atoms with Crippen LogP contribution in [0.3, 0.4) is 0 Å². The van der Waals surface area contributed by atoms with Crippen molar-refractivity contribution in [2.75, 3.05) is 6.54 Å². The largest absolute Gasteiger partial charge is 0.481 e. The lowest BCUT2D eigenvalue weighted by molar-refractivity contribution is -0.138. The molecule has 0 aromatic heterocycles. The van der Waals surface area contributed by atoms with Crippen molar-refractivity contribution < 1.29 is 9.90 Å². The van der Waals surface area contributed by atoms with E-state index in [0.717, 1.165) is 6.54 Å². The normalized spacial score (nSPS) is 14.4. The molecule has 106 valence electrons. The molecule has 0 aliphatic carbocycles. The van der Waals surface area contributed by atoms with Crippen molar-refractivity contribution in [3.05, 3.63) is 34.9 Å². The van der Waals surface area contributed by atoms with Crippen molar-refractivity contribution in [1.82, 2.24) is 4.90 Å². The van der Waals surface area contributed by atoms with E-state index < -0.39 is 5.97 Å². The Hall–Kier alpha value is -1.35. The second-order valence-electron chi connectivity index (χ2n) is 5.31. The molecule has 2 unspecified atom stereocenters. The van der Waals surface area contributed by atoms with Gasteiger partial charge in [0.2, 0.25) is 0 Å². The van der Waals surface area contributed by atoms with Gasteiger partial charge in [-0.1, -0.05) is 30.7 Å². The van der Waals surface area contributed by atoms with Crippen LogP contribution in [0.15, 0.2) is 18.2 Å². The molecule has 3 heteroatoms. The SMILES string of the molecule is CCN(C(C)CC(=O)O)C(C)c1ccc(C)cc1C. The van der Waals surface area contributed by atoms with E-state index in [0.29, 0.717) is 0 Å². The molecule has 3 nitrogen and oxygen atoms in total. The first-order valence-corrected chi connectivity index (χ1v) is 6.91. The van der Waals surface area contributed by atoms with Gasteiger partial charge in [-0.25, -0.2) is 0 Å². The fraction of sp³-hybridized carbons (Fsp3) is 0.562. The van der Waals surface area contributed by atoms with E-state index in [1.165, 1.54) is 16.7 Å². The van der Waals surface area contributed by atoms with Crippen molar-refractivity contribution in [2.45, 2.75) is 53.1 Å². The van der Waals surface area contributed by atoms with Crippen molar-refractivity contribution in [3.8, 4) is 0 Å². The molecule has 0 saturated heterocycles. The van der Waals surface area contributed by atoms with Crippen LogP contribution < -0.4 is 0 Å². The van der Waals surface area contributed by atoms with Crippen LogP contribution in [0.4, 0.5) is 0 Å². The number of hydrogen-bond donors (Lipinski definition) is 1. The van der Waals surface area contributed by atoms with Crippen LogP contribution in [0.2, 0.25) is 0 Å². The van der Waals surface area contributed by atoms with Crippen molar-refractivity contribution in [3.63, 3.8) is 0 Å². The fourth-order valence-corrected chi connectivity index (χ4v) is 2.81. The van der Waals surface area contributed by atoms with Crippen molar-refractivity contribution in [1.29, 1.82) is 0 Å². The number of aryl methyl sites for hydroxylation is 2. The van der Waals surface area contributed by atoms with Gasteiger partial charge < -0.3 is 5.11 Å². The van der Waals surface area contributed by atoms with Crippen molar-refractivity contribution in [2.24, 2.45) is 0 Å². The number of hydrogen-bond acceptors (Lipinski definition) is 2. The average molecular weight is 263 g/mol. The lowest BCUT2D eigenvalue weighted by atomic mass is 9.98. The third-order valence-electron chi connectivity index (χ3n) is 3.77. The summed E-state index contributed by atoms with van der Waals surface area (Å²) >= 11 is 0. The van der Waals surface area contributed by atoms with Crippen LogP contribution in [0.1, 0.15) is 49.9 Å². The molecule has 0 heterocycles. The molecule has 1 N–H and O–H groups in total. The minimum Gasteiger partial charge on any atom is -0.481 e. The molecule has 19 heavy (non-hydrogen) atoms. The number of carboxylic acid groups (broad SMARTS) is 1. The number of carbonyl (C=O) groups is 1. The molecule has 0 radical (unpaired) electrons. The quantitative estimate of drug-likeness (QED) is 0.853. The van der Waals surface area contributed by atoms with Gasteiger partial charge in [-0.15, -0.1) is 0 Å². The fourth-order valence-electron chi connectivity index (χ4n) is 2.81. The van der Waals surface area contributed by atoms with Crippen LogP contribution in [-0.4, -0.2) is 28.6 Å². The summed E-state index contributed by atoms with van der Waals surface area (Å²) in [5.41, 5.74) is 3.81. The Morgan fingerprint density at radius 3 is 2.42 bits per heavy atom. The van der Waals surface area contributed by atoms with E-state index >= 15 is 0 Å². The monoisotopic (exact) mass is 263 g/mol. The summed E-state index contributed by atoms with van der Waals surface area (Å²) in [4.78, 5) is 13.1. The molecule has 0 aliphatic rings. The van der Waals surface area contributed by atoms with Gasteiger partial charge in [0, 0.05) is 12.1 Å². The summed E-state index contributed by atoms with van der Waals surface area (Å²) in [5, 5.41) is 8.94. The molecule has 1 rings (SSSR count). The number of aliphatic carboxylic acids is 1. The number of rotatable bonds is 6. The highest BCUT2D eigenvalue weighted by atomic mass is 16.4. The highest BCUT2D eigenvalue weighted by Crippen LogP contribution is 2.26. The molecule has 1 aromatic rings. The lowest BCUT2D eigenvalue weighted by Gasteiger charge is -2.34. The van der Waals surface area contributed by atoms with E-state index in [1.54, 1.807) is 0 Å². The standard InChI is InChI=1S/C16H25NO2/c1-6-17(13(4)10-16(18)19)14(5)15-8-7-11(2)9-12(15)3/h7-9,13-14H,6,10H2,1-5H3,(H,18,19). The van der Waals surface area contributed by atoms with Crippen LogP contribution in [-0.2, 0) is 4.79 Å². The summed E-state index contributed by atoms with van der Waals surface area (Å²) in [6, 6.07) is 6.74. The Labute approximate surface area is 116 Å². The molecule has 1 aromatic carbocycles. The number of carboxylic acids is 1. The summed E-state index contributed by atoms with van der Waals surface area (Å²) in [6.07, 6.45) is 0.184. The third kappa shape index (κ3) is 4.06. The molecular weight excluding hydrogens is 238 g/mol. The van der Waals surface area contributed by atoms with Crippen LogP contribution in [0.25, 0.3) is 0 Å². The highest BCUT2D eigenvalue weighted by Gasteiger charge is 2.22. The maximum atomic E-state index is 10.9. The first-order valence-electron chi connectivity index (χ1n) is 6.91. The van der Waals surface area contributed by atoms with Gasteiger partial charge in [0.05, 0.1) is 6.42 Å². The molecule has 0 bridgehead atoms. The Bertz CT molecular complexity index is 442. The zero-order chi connectivity index (χ0) is 14.6. The zero-order valence-electron chi connectivity index (χ0n) is 12.6. The minimum atomic E-state index is -0.737. The van der Waals surface area contributed by atoms with Gasteiger partial charge in [-0.2, -0.15) is 0 Å². The maximum absolute atomic E-state index is 10.9. The van der Waals surface area contributed by atoms with Gasteiger partial charge in [-0.05, 0) is 45.4 Å². The van der Waals surface area contributed by atoms with Crippen LogP contribution in [0.5, 0.6) is 0 Å². The summed E-state index contributed by atoms with van der Waals surface area (Å²) < 4.78 is 0. The zero-order valence-corrected chi connectivity index (χ0v) is 12.6. The lowest BCUT2D eigenvalue weighted by Crippen LogP contribution is -2.37. The molecular formula is C16H25NO2. The van der Waals surface area contributed by atoms with E-state index in [4.69, 9.17) is 5.11 Å². The molecule has 0 fully saturated rings. The smallest absolute Gasteiger partial charge is 0.304 e. The number of nitrogens with zero attached hydrogens (tertiary/aromatic N) is 1. The predicted octanol–water partition coefficient (Wildman–Crippen LogP) is 3.55. The Morgan fingerprint density at radius 2 is 1.95 bits per heavy atom. The van der Waals surface area contributed by atoms with Gasteiger partial charge in [-0.3, -0.25) is 9.69 Å². The Kier molecular flexibility index (Phi) is 5.55. The third-order valence-corrected chi connectivity index (χ3v) is 3.77. The average Bonchev–Trinajstić information content (AvgIpc) is 2.28. The summed E-state index contributed by atoms with van der Waals surface area (Å²) in [5.74, 6) is -0.737. The van der Waals surface area contributed by atoms with E-state index in [1.807, 2.05) is 6.92 Å². The van der Waals surface area contributed by atoms with E-state index in [2.05, 4.69) is 50.8 Å². The topological polar surface area (TPSA) is 40.5 Å². The maximum Gasteiger partial charge on any atom is 0.304 e. The Balaban J connectivity index is 2.94. The van der Waals surface area contributed by atoms with Crippen LogP contribution >= 0.6 is 0 Å². The van der Waals surface area contributed by atoms with E-state index in [-0.39, 0.29) is 18.5 Å². The van der Waals surface area contributed by atoms with Crippen molar-refractivity contribution >= 4 is 5.97 Å². The van der Waals surface area contributed by atoms with Gasteiger partial charge >= 0.3 is 5.97 Å². The molecule has 2 atom stereocenters. The Morgan fingerprint density at radius 1 is 1.32 bits per heavy atom. The molecule has 0 aliphatic heterocycles. The molecule has 0 spiro atoms. The number of benzene rings is 1. The highest BCUT2D eigenvalue weighted by molar-refractivity contribution is 5.67. The summed E-state index contributed by atoms with van der Waals surface area (Å²) in [6.45, 7) is 11.3. The minimum absolute atomic E-state index is 0.0400. The van der Waals surface area contributed by atoms with Gasteiger partial charge in [0.1, 0.15) is 0 Å². The summed E-state index contributed by atoms with van der Waals surface area (Å²) in [7, 11) is 0. The molecule has 0 saturated carbocycles. The van der Waals surface area contributed by atoms with Crippen LogP contribution in [0, 0.1) is 13.8 Å². The van der Waals surface area contributed by atoms with E-state index in [9.17, 15) is 4.79 Å². The predicted molar refractivity (Wildman–Crippen MR) is 78.4 cm³/mol. The first-order chi connectivity index (χ1) is 8.86.